The number of hydrogen-bond donors (Lipinski definition) is 2. The van der Waals surface area contributed by atoms with E-state index >= 15 is 0 Å². The second-order valence-corrected chi connectivity index (χ2v) is 10.3. The van der Waals surface area contributed by atoms with Crippen molar-refractivity contribution >= 4 is 38.0 Å². The topological polar surface area (TPSA) is 79.6 Å². The van der Waals surface area contributed by atoms with Crippen molar-refractivity contribution in [2.24, 2.45) is 0 Å². The molecule has 0 radical (unpaired) electrons. The number of aromatic hydroxyl groups is 1. The molecule has 2 N–H and O–H groups in total. The number of phenolic OH excluding ortho intramolecular Hbond substituents is 1. The van der Waals surface area contributed by atoms with E-state index in [2.05, 4.69) is 49.0 Å². The number of nitriles is 1. The van der Waals surface area contributed by atoms with E-state index < -0.39 is 0 Å². The van der Waals surface area contributed by atoms with Gasteiger partial charge in [-0.2, -0.15) is 5.26 Å². The second-order valence-electron chi connectivity index (χ2n) is 9.30. The fourth-order valence-electron chi connectivity index (χ4n) is 3.97. The lowest BCUT2D eigenvalue weighted by atomic mass is 9.87. The summed E-state index contributed by atoms with van der Waals surface area (Å²) in [6.07, 6.45) is 0. The van der Waals surface area contributed by atoms with Crippen molar-refractivity contribution in [1.29, 1.82) is 5.26 Å². The van der Waals surface area contributed by atoms with Crippen LogP contribution < -0.4 is 10.2 Å². The summed E-state index contributed by atoms with van der Waals surface area (Å²) >= 11 is 1.34. The average Bonchev–Trinajstić information content (AvgIpc) is 3.10. The molecule has 2 aromatic carbocycles. The van der Waals surface area contributed by atoms with Crippen molar-refractivity contribution in [3.63, 3.8) is 0 Å². The zero-order valence-corrected chi connectivity index (χ0v) is 19.7. The molecule has 0 saturated carbocycles. The molecule has 0 bridgehead atoms. The summed E-state index contributed by atoms with van der Waals surface area (Å²) in [7, 11) is 2.08. The van der Waals surface area contributed by atoms with Crippen LogP contribution in [0.3, 0.4) is 0 Å². The number of carbonyl (C=O) groups excluding carboxylic acids is 1. The maximum absolute atomic E-state index is 12.9. The fourth-order valence-corrected chi connectivity index (χ4v) is 5.18. The molecule has 1 aliphatic heterocycles. The van der Waals surface area contributed by atoms with E-state index in [1.54, 1.807) is 12.1 Å². The van der Waals surface area contributed by atoms with Crippen LogP contribution in [-0.4, -0.2) is 49.1 Å². The molecule has 1 aromatic heterocycles. The first kappa shape index (κ1) is 22.1. The summed E-state index contributed by atoms with van der Waals surface area (Å²) in [5.41, 5.74) is 2.88. The number of hydrogen-bond acceptors (Lipinski definition) is 6. The summed E-state index contributed by atoms with van der Waals surface area (Å²) in [6, 6.07) is 13.2. The molecule has 0 spiro atoms. The van der Waals surface area contributed by atoms with Gasteiger partial charge in [0.1, 0.15) is 16.8 Å². The number of amides is 1. The summed E-state index contributed by atoms with van der Waals surface area (Å²) in [5, 5.41) is 24.7. The highest BCUT2D eigenvalue weighted by atomic mass is 32.1. The highest BCUT2D eigenvalue weighted by molar-refractivity contribution is 7.24. The monoisotopic (exact) mass is 448 g/mol. The summed E-state index contributed by atoms with van der Waals surface area (Å²) in [6.45, 7) is 9.79. The van der Waals surface area contributed by atoms with Gasteiger partial charge in [0.2, 0.25) is 0 Å². The molecule has 1 fully saturated rings. The van der Waals surface area contributed by atoms with Gasteiger partial charge < -0.3 is 20.2 Å². The third-order valence-corrected chi connectivity index (χ3v) is 7.11. The maximum Gasteiger partial charge on any atom is 0.256 e. The molecular weight excluding hydrogens is 420 g/mol. The quantitative estimate of drug-likeness (QED) is 0.603. The molecule has 0 unspecified atom stereocenters. The molecule has 1 amide bonds. The number of phenols is 1. The SMILES string of the molecule is CN1CCN(c2c(O)ccc3c(C#N)c(NC(=O)c4ccc(C(C)(C)C)cc4)sc23)CC1. The predicted octanol–water partition coefficient (Wildman–Crippen LogP) is 4.78. The van der Waals surface area contributed by atoms with Crippen LogP contribution in [0, 0.1) is 11.3 Å². The van der Waals surface area contributed by atoms with Gasteiger partial charge in [0.25, 0.3) is 5.91 Å². The van der Waals surface area contributed by atoms with E-state index in [1.807, 2.05) is 24.3 Å². The van der Waals surface area contributed by atoms with Gasteiger partial charge in [0.05, 0.1) is 16.0 Å². The summed E-state index contributed by atoms with van der Waals surface area (Å²) in [5.74, 6) is -0.0534. The van der Waals surface area contributed by atoms with Gasteiger partial charge in [0, 0.05) is 37.1 Å². The van der Waals surface area contributed by atoms with E-state index in [9.17, 15) is 15.2 Å². The van der Waals surface area contributed by atoms with Crippen LogP contribution in [-0.2, 0) is 5.41 Å². The maximum atomic E-state index is 12.9. The molecule has 0 atom stereocenters. The average molecular weight is 449 g/mol. The minimum Gasteiger partial charge on any atom is -0.506 e. The Morgan fingerprint density at radius 2 is 1.75 bits per heavy atom. The normalized spacial score (nSPS) is 15.0. The van der Waals surface area contributed by atoms with Crippen LogP contribution >= 0.6 is 11.3 Å². The van der Waals surface area contributed by atoms with Gasteiger partial charge in [-0.1, -0.05) is 32.9 Å². The molecule has 2 heterocycles. The second kappa shape index (κ2) is 8.45. The van der Waals surface area contributed by atoms with Gasteiger partial charge in [-0.05, 0) is 42.3 Å². The molecule has 4 rings (SSSR count). The first-order chi connectivity index (χ1) is 15.2. The van der Waals surface area contributed by atoms with E-state index in [-0.39, 0.29) is 17.1 Å². The smallest absolute Gasteiger partial charge is 0.256 e. The van der Waals surface area contributed by atoms with E-state index in [0.717, 1.165) is 47.5 Å². The predicted molar refractivity (Wildman–Crippen MR) is 131 cm³/mol. The van der Waals surface area contributed by atoms with E-state index in [0.29, 0.717) is 16.1 Å². The van der Waals surface area contributed by atoms with Crippen LogP contribution in [0.2, 0.25) is 0 Å². The Balaban J connectivity index is 1.68. The number of thiophene rings is 1. The van der Waals surface area contributed by atoms with Crippen molar-refractivity contribution in [3.05, 3.63) is 53.1 Å². The molecule has 3 aromatic rings. The van der Waals surface area contributed by atoms with Crippen molar-refractivity contribution in [2.75, 3.05) is 43.4 Å². The molecule has 166 valence electrons. The first-order valence-electron chi connectivity index (χ1n) is 10.7. The molecule has 32 heavy (non-hydrogen) atoms. The Morgan fingerprint density at radius 1 is 1.09 bits per heavy atom. The lowest BCUT2D eigenvalue weighted by Crippen LogP contribution is -2.44. The van der Waals surface area contributed by atoms with E-state index in [4.69, 9.17) is 0 Å². The highest BCUT2D eigenvalue weighted by Crippen LogP contribution is 2.45. The van der Waals surface area contributed by atoms with Crippen LogP contribution in [0.1, 0.15) is 42.3 Å². The zero-order chi connectivity index (χ0) is 23.0. The number of nitrogens with zero attached hydrogens (tertiary/aromatic N) is 3. The van der Waals surface area contributed by atoms with E-state index in [1.165, 1.54) is 11.3 Å². The molecule has 6 nitrogen and oxygen atoms in total. The Bertz CT molecular complexity index is 1190. The number of piperazine rings is 1. The van der Waals surface area contributed by atoms with Crippen LogP contribution in [0.15, 0.2) is 36.4 Å². The van der Waals surface area contributed by atoms with Crippen molar-refractivity contribution in [1.82, 2.24) is 4.90 Å². The van der Waals surface area contributed by atoms with Gasteiger partial charge in [-0.3, -0.25) is 4.79 Å². The Hall–Kier alpha value is -3.08. The Kier molecular flexibility index (Phi) is 5.85. The lowest BCUT2D eigenvalue weighted by Gasteiger charge is -2.34. The standard InChI is InChI=1S/C25H28N4O2S/c1-25(2,3)17-7-5-16(6-8-17)23(31)27-24-19(15-26)18-9-10-20(30)21(22(18)32-24)29-13-11-28(4)12-14-29/h5-10,30H,11-14H2,1-4H3,(H,27,31). The number of nitrogens with one attached hydrogen (secondary N) is 1. The van der Waals surface area contributed by atoms with Gasteiger partial charge >= 0.3 is 0 Å². The Labute approximate surface area is 192 Å². The first-order valence-corrected chi connectivity index (χ1v) is 11.5. The molecular formula is C25H28N4O2S. The third kappa shape index (κ3) is 4.16. The number of anilines is 2. The van der Waals surface area contributed by atoms with Gasteiger partial charge in [-0.15, -0.1) is 11.3 Å². The molecule has 1 saturated heterocycles. The number of carbonyl (C=O) groups is 1. The van der Waals surface area contributed by atoms with Crippen molar-refractivity contribution < 1.29 is 9.90 Å². The van der Waals surface area contributed by atoms with Gasteiger partial charge in [-0.25, -0.2) is 0 Å². The molecule has 0 aliphatic carbocycles. The van der Waals surface area contributed by atoms with Gasteiger partial charge in [0.15, 0.2) is 0 Å². The zero-order valence-electron chi connectivity index (χ0n) is 18.9. The largest absolute Gasteiger partial charge is 0.506 e. The number of fused-ring (bicyclic) bond motifs is 1. The van der Waals surface area contributed by atoms with Crippen LogP contribution in [0.5, 0.6) is 5.75 Å². The number of rotatable bonds is 3. The number of likely N-dealkylation sites (N-methyl/N-ethyl adjacent to an activating group) is 1. The van der Waals surface area contributed by atoms with Crippen molar-refractivity contribution in [3.8, 4) is 11.8 Å². The highest BCUT2D eigenvalue weighted by Gasteiger charge is 2.24. The minimum atomic E-state index is -0.251. The van der Waals surface area contributed by atoms with Crippen LogP contribution in [0.4, 0.5) is 10.7 Å². The van der Waals surface area contributed by atoms with Crippen LogP contribution in [0.25, 0.3) is 10.1 Å². The fraction of sp³-hybridized carbons (Fsp3) is 0.360. The summed E-state index contributed by atoms with van der Waals surface area (Å²) in [4.78, 5) is 17.3. The summed E-state index contributed by atoms with van der Waals surface area (Å²) < 4.78 is 0.824. The number of benzene rings is 2. The lowest BCUT2D eigenvalue weighted by molar-refractivity contribution is 0.102. The minimum absolute atomic E-state index is 0.0100. The molecule has 7 heteroatoms. The third-order valence-electron chi connectivity index (χ3n) is 5.98. The van der Waals surface area contributed by atoms with Crippen molar-refractivity contribution in [2.45, 2.75) is 26.2 Å². The Morgan fingerprint density at radius 3 is 2.34 bits per heavy atom. The molecule has 1 aliphatic rings.